The highest BCUT2D eigenvalue weighted by atomic mass is 35.5. The largest absolute Gasteiger partial charge is 0.443 e. The third-order valence-corrected chi connectivity index (χ3v) is 14.2. The molecule has 18 nitrogen and oxygen atoms in total. The molecule has 1 aliphatic carbocycles. The number of hydrogen-bond donors (Lipinski definition) is 1. The number of aliphatic hydroxyl groups is 1. The number of aliphatic hydroxyl groups excluding tert-OH is 1. The molecule has 0 aromatic carbocycles. The summed E-state index contributed by atoms with van der Waals surface area (Å²) in [5.41, 5.74) is -0.417. The van der Waals surface area contributed by atoms with Gasteiger partial charge in [-0.05, 0) is 90.1 Å². The molecule has 2 aliphatic heterocycles. The van der Waals surface area contributed by atoms with Gasteiger partial charge in [0.1, 0.15) is 31.1 Å². The molecule has 55 heavy (non-hydrogen) atoms. The van der Waals surface area contributed by atoms with Gasteiger partial charge in [0.25, 0.3) is 0 Å². The van der Waals surface area contributed by atoms with E-state index in [9.17, 15) is 14.5 Å². The van der Waals surface area contributed by atoms with Gasteiger partial charge in [-0.2, -0.15) is 15.1 Å². The van der Waals surface area contributed by atoms with Crippen molar-refractivity contribution < 1.29 is 42.9 Å². The van der Waals surface area contributed by atoms with Crippen molar-refractivity contribution in [3.63, 3.8) is 0 Å². The number of hydrogen-bond acceptors (Lipinski definition) is 15. The van der Waals surface area contributed by atoms with Crippen LogP contribution in [-0.4, -0.2) is 133 Å². The minimum Gasteiger partial charge on any atom is -0.443 e. The van der Waals surface area contributed by atoms with E-state index >= 15 is 0 Å². The Morgan fingerprint density at radius 2 is 1.87 bits per heavy atom. The van der Waals surface area contributed by atoms with Crippen molar-refractivity contribution in [2.75, 3.05) is 38.1 Å². The predicted molar refractivity (Wildman–Crippen MR) is 205 cm³/mol. The van der Waals surface area contributed by atoms with Gasteiger partial charge in [0.2, 0.25) is 5.28 Å². The lowest BCUT2D eigenvalue weighted by Gasteiger charge is -2.37. The van der Waals surface area contributed by atoms with E-state index in [1.165, 1.54) is 4.80 Å². The molecule has 1 saturated carbocycles. The van der Waals surface area contributed by atoms with Crippen molar-refractivity contribution in [2.45, 2.75) is 140 Å². The van der Waals surface area contributed by atoms with Gasteiger partial charge in [-0.1, -0.05) is 19.6 Å². The first kappa shape index (κ1) is 42.0. The second-order valence-corrected chi connectivity index (χ2v) is 27.1. The average molecular weight is 828 g/mol. The minimum atomic E-state index is -3.20. The predicted octanol–water partition coefficient (Wildman–Crippen LogP) is 5.06. The summed E-state index contributed by atoms with van der Waals surface area (Å²) >= 11 is 6.54. The molecule has 1 N–H and O–H groups in total. The summed E-state index contributed by atoms with van der Waals surface area (Å²) in [5.74, 6) is -0.460. The molecular weight excluding hydrogens is 773 g/mol. The Hall–Kier alpha value is -2.61. The van der Waals surface area contributed by atoms with Crippen molar-refractivity contribution in [3.8, 4) is 0 Å². The molecule has 5 heterocycles. The number of anilines is 1. The number of nitrogens with zero attached hydrogens (tertiary/aromatic N) is 9. The van der Waals surface area contributed by atoms with E-state index in [1.54, 1.807) is 43.0 Å². The Labute approximate surface area is 327 Å². The van der Waals surface area contributed by atoms with Gasteiger partial charge in [0.15, 0.2) is 41.4 Å². The van der Waals surface area contributed by atoms with E-state index in [0.717, 1.165) is 25.3 Å². The Kier molecular flexibility index (Phi) is 11.9. The van der Waals surface area contributed by atoms with E-state index < -0.39 is 69.2 Å². The van der Waals surface area contributed by atoms with Crippen LogP contribution in [0.4, 0.5) is 10.6 Å². The Morgan fingerprint density at radius 1 is 1.16 bits per heavy atom. The van der Waals surface area contributed by atoms with Crippen LogP contribution >= 0.6 is 18.7 Å². The number of tetrazole rings is 1. The van der Waals surface area contributed by atoms with Crippen LogP contribution in [-0.2, 0) is 46.1 Å². The zero-order valence-electron chi connectivity index (χ0n) is 33.4. The van der Waals surface area contributed by atoms with Gasteiger partial charge in [-0.25, -0.2) is 9.48 Å². The summed E-state index contributed by atoms with van der Waals surface area (Å²) in [6.07, 6.45) is 0.517. The summed E-state index contributed by atoms with van der Waals surface area (Å²) in [5, 5.41) is 26.9. The fourth-order valence-electron chi connectivity index (χ4n) is 6.69. The first-order valence-electron chi connectivity index (χ1n) is 18.7. The third-order valence-electron chi connectivity index (χ3n) is 9.91. The van der Waals surface area contributed by atoms with Gasteiger partial charge in [-0.3, -0.25) is 4.90 Å². The lowest BCUT2D eigenvalue weighted by molar-refractivity contribution is -0.206. The lowest BCUT2D eigenvalue weighted by atomic mass is 9.91. The fraction of sp³-hybridized carbons (Fsp3) is 0.794. The molecule has 3 aromatic heterocycles. The monoisotopic (exact) mass is 827 g/mol. The highest BCUT2D eigenvalue weighted by Crippen LogP contribution is 2.54. The molecule has 21 heteroatoms. The Morgan fingerprint density at radius 3 is 2.49 bits per heavy atom. The summed E-state index contributed by atoms with van der Waals surface area (Å²) in [6, 6.07) is 0.871. The van der Waals surface area contributed by atoms with E-state index in [4.69, 9.17) is 40.0 Å². The Balaban J connectivity index is 1.24. The van der Waals surface area contributed by atoms with Crippen LogP contribution in [0.3, 0.4) is 0 Å². The smallest absolute Gasteiger partial charge is 0.416 e. The zero-order valence-corrected chi connectivity index (χ0v) is 36.0. The zero-order chi connectivity index (χ0) is 40.1. The molecule has 3 aliphatic rings. The molecule has 0 bridgehead atoms. The number of aromatic nitrogens is 8. The molecule has 0 spiro atoms. The minimum absolute atomic E-state index is 0.0765. The van der Waals surface area contributed by atoms with Crippen molar-refractivity contribution in [1.82, 2.24) is 40.0 Å². The molecule has 3 aromatic rings. The number of halogens is 1. The van der Waals surface area contributed by atoms with Crippen molar-refractivity contribution >= 4 is 49.8 Å². The van der Waals surface area contributed by atoms with Crippen LogP contribution < -0.4 is 4.90 Å². The number of carbonyl (C=O) groups excluding carboxylic acids is 1. The molecule has 1 amide bonds. The molecular formula is C34H55ClN9O9PSi. The van der Waals surface area contributed by atoms with E-state index in [1.807, 2.05) is 20.8 Å². The van der Waals surface area contributed by atoms with E-state index in [2.05, 4.69) is 50.1 Å². The van der Waals surface area contributed by atoms with Gasteiger partial charge < -0.3 is 38.1 Å². The standard InChI is InChI=1S/C34H55ClN9O9PSi/c1-32(2,3)53-31(46)43(21-12-11-13-21)27-22-17-36-44(28(22)38-30(35)37-27)29-26-25(51-33(4,5)52-26)23(50-29)18-49-34(19-45,54(6,7)47)16-24-39-41-42(40-24)20-48-14-15-55(8,9)10/h17,21,23,25-26,29,45H,11-16,18-20H2,1-10H3/t23-,25-,26-,29-,34?/m1/s1. The SMILES string of the molecule is CC(C)(C)OC(=O)N(c1nc(Cl)nc2c1cnn2[C@@H]1O[C@H](COC(CO)(Cc2nnn(COCC[Si](C)(C)C)n2)P(C)(C)=O)[C@H]2OC(C)(C)O[C@H]21)C1CCC1. The second-order valence-electron chi connectivity index (χ2n) is 17.6. The number of rotatable bonds is 15. The number of amides is 1. The van der Waals surface area contributed by atoms with Gasteiger partial charge in [0, 0.05) is 27.1 Å². The maximum Gasteiger partial charge on any atom is 0.416 e. The molecule has 1 unspecified atom stereocenters. The van der Waals surface area contributed by atoms with E-state index in [0.29, 0.717) is 17.6 Å². The average Bonchev–Trinajstić information content (AvgIpc) is 3.80. The Bertz CT molecular complexity index is 1890. The molecule has 306 valence electrons. The number of ether oxygens (including phenoxy) is 6. The first-order chi connectivity index (χ1) is 25.6. The van der Waals surface area contributed by atoms with Gasteiger partial charge in [0.05, 0.1) is 24.8 Å². The van der Waals surface area contributed by atoms with Crippen molar-refractivity contribution in [3.05, 3.63) is 17.3 Å². The summed E-state index contributed by atoms with van der Waals surface area (Å²) in [7, 11) is -4.46. The molecule has 0 radical (unpaired) electrons. The quantitative estimate of drug-likeness (QED) is 0.0922. The molecule has 6 rings (SSSR count). The highest BCUT2D eigenvalue weighted by Gasteiger charge is 2.57. The van der Waals surface area contributed by atoms with Crippen molar-refractivity contribution in [1.29, 1.82) is 0 Å². The molecule has 3 fully saturated rings. The van der Waals surface area contributed by atoms with E-state index in [-0.39, 0.29) is 42.7 Å². The van der Waals surface area contributed by atoms with Crippen LogP contribution in [0.2, 0.25) is 31.0 Å². The maximum atomic E-state index is 13.9. The van der Waals surface area contributed by atoms with Crippen LogP contribution in [0.15, 0.2) is 6.20 Å². The summed E-state index contributed by atoms with van der Waals surface area (Å²) < 4.78 is 52.7. The topological polar surface area (TPSA) is 200 Å². The fourth-order valence-corrected chi connectivity index (χ4v) is 8.85. The lowest BCUT2D eigenvalue weighted by Crippen LogP contribution is -2.47. The summed E-state index contributed by atoms with van der Waals surface area (Å²) in [4.78, 5) is 25.4. The molecule has 5 atom stereocenters. The third kappa shape index (κ3) is 9.41. The van der Waals surface area contributed by atoms with Crippen LogP contribution in [0.1, 0.15) is 65.9 Å². The summed E-state index contributed by atoms with van der Waals surface area (Å²) in [6.45, 7) is 18.9. The normalized spacial score (nSPS) is 24.1. The van der Waals surface area contributed by atoms with Gasteiger partial charge >= 0.3 is 6.09 Å². The first-order valence-corrected chi connectivity index (χ1v) is 25.4. The van der Waals surface area contributed by atoms with Crippen LogP contribution in [0.25, 0.3) is 11.0 Å². The maximum absolute atomic E-state index is 13.9. The highest BCUT2D eigenvalue weighted by molar-refractivity contribution is 7.63. The molecule has 2 saturated heterocycles. The van der Waals surface area contributed by atoms with Crippen molar-refractivity contribution in [2.24, 2.45) is 0 Å². The number of carbonyl (C=O) groups is 1. The van der Waals surface area contributed by atoms with Crippen LogP contribution in [0, 0.1) is 0 Å². The second kappa shape index (κ2) is 15.6. The number of fused-ring (bicyclic) bond motifs is 2. The van der Waals surface area contributed by atoms with Gasteiger partial charge in [-0.15, -0.1) is 15.0 Å². The van der Waals surface area contributed by atoms with Crippen LogP contribution in [0.5, 0.6) is 0 Å².